The fourth-order valence-electron chi connectivity index (χ4n) is 6.02. The molecule has 0 spiro atoms. The number of fused-ring (bicyclic) bond motifs is 7. The summed E-state index contributed by atoms with van der Waals surface area (Å²) in [5.41, 5.74) is 3.58. The van der Waals surface area contributed by atoms with Crippen LogP contribution in [0.15, 0.2) is 144 Å². The highest BCUT2D eigenvalue weighted by atomic mass is 32.1. The molecule has 0 aliphatic heterocycles. The molecule has 0 saturated carbocycles. The minimum Gasteiger partial charge on any atom is -0.456 e. The van der Waals surface area contributed by atoms with Gasteiger partial charge in [-0.1, -0.05) is 90.9 Å². The molecule has 0 saturated heterocycles. The van der Waals surface area contributed by atoms with E-state index in [9.17, 15) is 2.74 Å². The number of aromatic nitrogens is 5. The molecule has 10 rings (SSSR count). The monoisotopic (exact) mass is 628 g/mol. The summed E-state index contributed by atoms with van der Waals surface area (Å²) in [6, 6.07) is 28.5. The molecule has 6 aromatic carbocycles. The van der Waals surface area contributed by atoms with Gasteiger partial charge in [-0.2, -0.15) is 9.97 Å². The van der Waals surface area contributed by atoms with E-state index in [4.69, 9.17) is 31.2 Å². The van der Waals surface area contributed by atoms with Crippen LogP contribution < -0.4 is 0 Å². The van der Waals surface area contributed by atoms with E-state index in [1.165, 1.54) is 0 Å². The number of furan rings is 1. The molecule has 7 heteroatoms. The lowest BCUT2D eigenvalue weighted by Crippen LogP contribution is -2.06. The maximum absolute atomic E-state index is 9.34. The van der Waals surface area contributed by atoms with Crippen molar-refractivity contribution in [1.82, 2.24) is 24.5 Å². The van der Waals surface area contributed by atoms with E-state index < -0.39 is 30.2 Å². The summed E-state index contributed by atoms with van der Waals surface area (Å²) in [7, 11) is 0. The van der Waals surface area contributed by atoms with E-state index >= 15 is 0 Å². The van der Waals surface area contributed by atoms with Gasteiger partial charge in [-0.25, -0.2) is 9.97 Å². The van der Waals surface area contributed by atoms with Crippen molar-refractivity contribution in [3.63, 3.8) is 0 Å². The fourth-order valence-corrected chi connectivity index (χ4v) is 6.97. The van der Waals surface area contributed by atoms with Gasteiger partial charge in [0.25, 0.3) is 0 Å². The largest absolute Gasteiger partial charge is 0.456 e. The van der Waals surface area contributed by atoms with Crippen LogP contribution in [0.1, 0.15) is 9.60 Å². The van der Waals surface area contributed by atoms with Crippen molar-refractivity contribution in [3.05, 3.63) is 139 Å². The Bertz CT molecular complexity index is 3160. The van der Waals surface area contributed by atoms with Gasteiger partial charge in [-0.15, -0.1) is 11.3 Å². The van der Waals surface area contributed by atoms with Crippen LogP contribution in [-0.4, -0.2) is 24.5 Å². The molecule has 6 nitrogen and oxygen atoms in total. The summed E-state index contributed by atoms with van der Waals surface area (Å²) in [5.74, 6) is 0.429. The third-order valence-electron chi connectivity index (χ3n) is 8.18. The molecular formula is C40H23N5OS. The molecular weight excluding hydrogens is 599 g/mol. The smallest absolute Gasteiger partial charge is 0.238 e. The normalized spacial score (nSPS) is 13.9. The molecule has 0 aliphatic rings. The third kappa shape index (κ3) is 4.17. The molecule has 0 fully saturated rings. The van der Waals surface area contributed by atoms with Crippen LogP contribution >= 0.6 is 11.3 Å². The van der Waals surface area contributed by atoms with E-state index in [-0.39, 0.29) is 57.2 Å². The number of thiazole rings is 1. The molecule has 4 aromatic heterocycles. The first-order valence-corrected chi connectivity index (χ1v) is 15.6. The first-order valence-electron chi connectivity index (χ1n) is 18.3. The quantitative estimate of drug-likeness (QED) is 0.194. The second-order valence-corrected chi connectivity index (χ2v) is 12.0. The highest BCUT2D eigenvalue weighted by Crippen LogP contribution is 2.36. The van der Waals surface area contributed by atoms with E-state index in [0.29, 0.717) is 5.56 Å². The van der Waals surface area contributed by atoms with Crippen LogP contribution in [0.2, 0.25) is 0 Å². The van der Waals surface area contributed by atoms with Gasteiger partial charge < -0.3 is 4.42 Å². The second-order valence-electron chi connectivity index (χ2n) is 11.0. The van der Waals surface area contributed by atoms with Gasteiger partial charge in [0.1, 0.15) is 16.2 Å². The lowest BCUT2D eigenvalue weighted by molar-refractivity contribution is 0.669. The first-order chi connectivity index (χ1) is 26.2. The summed E-state index contributed by atoms with van der Waals surface area (Å²) in [4.78, 5) is 19.6. The topological polar surface area (TPSA) is 69.6 Å². The van der Waals surface area contributed by atoms with Gasteiger partial charge in [0.05, 0.1) is 30.8 Å². The van der Waals surface area contributed by atoms with Crippen molar-refractivity contribution in [1.29, 1.82) is 0 Å². The number of benzene rings is 6. The van der Waals surface area contributed by atoms with Gasteiger partial charge in [0, 0.05) is 38.2 Å². The summed E-state index contributed by atoms with van der Waals surface area (Å²) >= 11 is 1.57. The molecule has 0 N–H and O–H groups in total. The zero-order valence-electron chi connectivity index (χ0n) is 31.3. The van der Waals surface area contributed by atoms with Crippen LogP contribution in [0.25, 0.3) is 93.3 Å². The SMILES string of the molecule is [2H]c1c([2H])c([2H])c2c(oc3c([2H])c(-c4nc(-c5ccc6sc(-c7ccccc7)nc6c5)nc(-n5c6ccccc6c6ccccc65)n4)c([2H])c([2H])c32)c1[2H]. The fraction of sp³-hybridized carbons (Fsp3) is 0. The van der Waals surface area contributed by atoms with Crippen molar-refractivity contribution in [2.75, 3.05) is 0 Å². The number of nitrogens with zero attached hydrogens (tertiary/aromatic N) is 5. The molecule has 0 atom stereocenters. The Labute approximate surface area is 282 Å². The van der Waals surface area contributed by atoms with Crippen molar-refractivity contribution < 1.29 is 14.0 Å². The minimum atomic E-state index is -0.498. The molecule has 4 heterocycles. The number of rotatable bonds is 4. The van der Waals surface area contributed by atoms with Crippen molar-refractivity contribution >= 4 is 65.3 Å². The Balaban J connectivity index is 1.26. The number of hydrogen-bond donors (Lipinski definition) is 0. The molecule has 220 valence electrons. The lowest BCUT2D eigenvalue weighted by Gasteiger charge is -2.11. The average molecular weight is 629 g/mol. The van der Waals surface area contributed by atoms with Gasteiger partial charge >= 0.3 is 0 Å². The second kappa shape index (κ2) is 10.2. The van der Waals surface area contributed by atoms with Crippen molar-refractivity contribution in [2.45, 2.75) is 0 Å². The summed E-state index contributed by atoms with van der Waals surface area (Å²) in [6.45, 7) is 0. The van der Waals surface area contributed by atoms with Crippen LogP contribution in [0, 0.1) is 0 Å². The van der Waals surface area contributed by atoms with Crippen molar-refractivity contribution in [2.24, 2.45) is 0 Å². The Morgan fingerprint density at radius 1 is 0.574 bits per heavy atom. The summed E-state index contributed by atoms with van der Waals surface area (Å²) in [6.07, 6.45) is 0. The van der Waals surface area contributed by atoms with Crippen LogP contribution in [-0.2, 0) is 0 Å². The summed E-state index contributed by atoms with van der Waals surface area (Å²) < 4.78 is 69.9. The molecule has 0 aliphatic carbocycles. The zero-order valence-corrected chi connectivity index (χ0v) is 25.1. The molecule has 0 amide bonds. The van der Waals surface area contributed by atoms with Crippen molar-refractivity contribution in [3.8, 4) is 39.3 Å². The number of hydrogen-bond acceptors (Lipinski definition) is 6. The van der Waals surface area contributed by atoms with Gasteiger partial charge in [0.2, 0.25) is 5.95 Å². The first kappa shape index (κ1) is 20.0. The molecule has 10 aromatic rings. The molecule has 47 heavy (non-hydrogen) atoms. The Hall–Kier alpha value is -6.18. The van der Waals surface area contributed by atoms with E-state index in [1.54, 1.807) is 11.3 Å². The highest BCUT2D eigenvalue weighted by Gasteiger charge is 2.19. The maximum atomic E-state index is 9.34. The van der Waals surface area contributed by atoms with Gasteiger partial charge in [0.15, 0.2) is 11.6 Å². The average Bonchev–Trinajstić information content (AvgIpc) is 3.91. The number of para-hydroxylation sites is 3. The van der Waals surface area contributed by atoms with E-state index in [2.05, 4.69) is 0 Å². The Morgan fingerprint density at radius 2 is 1.28 bits per heavy atom. The van der Waals surface area contributed by atoms with Crippen LogP contribution in [0.4, 0.5) is 0 Å². The molecule has 0 radical (unpaired) electrons. The predicted molar refractivity (Wildman–Crippen MR) is 191 cm³/mol. The van der Waals surface area contributed by atoms with Crippen LogP contribution in [0.5, 0.6) is 0 Å². The zero-order chi connectivity index (χ0) is 37.0. The van der Waals surface area contributed by atoms with Crippen LogP contribution in [0.3, 0.4) is 0 Å². The third-order valence-corrected chi connectivity index (χ3v) is 9.26. The van der Waals surface area contributed by atoms with E-state index in [1.807, 2.05) is 102 Å². The van der Waals surface area contributed by atoms with E-state index in [0.717, 1.165) is 42.6 Å². The Morgan fingerprint density at radius 3 is 2.09 bits per heavy atom. The highest BCUT2D eigenvalue weighted by molar-refractivity contribution is 7.21. The Kier molecular flexibility index (Phi) is 4.34. The predicted octanol–water partition coefficient (Wildman–Crippen LogP) is 10.5. The standard InChI is InChI=1S/C40H23N5OS/c1-2-10-24(11-3-1)39-41-31-22-25(19-21-36(31)47-39)37-42-38(26-18-20-30-29-14-6-9-17-34(29)46-35(30)23-26)44-40(43-37)45-32-15-7-4-12-27(32)28-13-5-8-16-33(28)45/h1-23H/i6D,9D,14D,17D,18D,20D,23D. The minimum absolute atomic E-state index is 0.0455. The molecule has 0 bridgehead atoms. The van der Waals surface area contributed by atoms with Gasteiger partial charge in [-0.3, -0.25) is 4.57 Å². The maximum Gasteiger partial charge on any atom is 0.238 e. The van der Waals surface area contributed by atoms with Gasteiger partial charge in [-0.05, 0) is 48.5 Å². The summed E-state index contributed by atoms with van der Waals surface area (Å²) in [5, 5.41) is 2.73. The molecule has 0 unspecified atom stereocenters. The lowest BCUT2D eigenvalue weighted by atomic mass is 10.1.